The summed E-state index contributed by atoms with van der Waals surface area (Å²) in [5.41, 5.74) is 6.68. The lowest BCUT2D eigenvalue weighted by Crippen LogP contribution is -2.33. The number of carbonyl (C=O) groups excluding carboxylic acids is 1. The zero-order valence-electron chi connectivity index (χ0n) is 13.4. The van der Waals surface area contributed by atoms with E-state index in [1.54, 1.807) is 0 Å². The van der Waals surface area contributed by atoms with Gasteiger partial charge in [-0.15, -0.1) is 10.2 Å². The van der Waals surface area contributed by atoms with Gasteiger partial charge in [0.15, 0.2) is 4.34 Å². The minimum atomic E-state index is -0.269. The maximum absolute atomic E-state index is 12.5. The molecule has 2 atom stereocenters. The van der Waals surface area contributed by atoms with E-state index in [0.717, 1.165) is 10.9 Å². The summed E-state index contributed by atoms with van der Waals surface area (Å²) in [6.07, 6.45) is 0. The van der Waals surface area contributed by atoms with Crippen LogP contribution in [0.1, 0.15) is 25.5 Å². The van der Waals surface area contributed by atoms with Gasteiger partial charge in [0.25, 0.3) is 0 Å². The number of nitrogens with two attached hydrogens (primary N) is 1. The van der Waals surface area contributed by atoms with Gasteiger partial charge in [-0.2, -0.15) is 0 Å². The van der Waals surface area contributed by atoms with Gasteiger partial charge in [0.2, 0.25) is 11.0 Å². The maximum atomic E-state index is 12.5. The minimum absolute atomic E-state index is 0.0331. The predicted octanol–water partition coefficient (Wildman–Crippen LogP) is 3.63. The van der Waals surface area contributed by atoms with E-state index in [1.807, 2.05) is 32.0 Å². The molecule has 24 heavy (non-hydrogen) atoms. The zero-order valence-corrected chi connectivity index (χ0v) is 15.0. The Morgan fingerprint density at radius 2 is 1.92 bits per heavy atom. The first kappa shape index (κ1) is 16.7. The summed E-state index contributed by atoms with van der Waals surface area (Å²) in [5, 5.41) is 13.3. The van der Waals surface area contributed by atoms with Crippen LogP contribution in [0.5, 0.6) is 0 Å². The van der Waals surface area contributed by atoms with E-state index in [0.29, 0.717) is 9.47 Å². The van der Waals surface area contributed by atoms with Crippen LogP contribution in [0, 0.1) is 0 Å². The average molecular weight is 358 g/mol. The first-order chi connectivity index (χ1) is 11.5. The normalized spacial score (nSPS) is 13.6. The second-order valence-electron chi connectivity index (χ2n) is 5.46. The number of hydrogen-bond donors (Lipinski definition) is 2. The van der Waals surface area contributed by atoms with E-state index >= 15 is 0 Å². The van der Waals surface area contributed by atoms with Gasteiger partial charge in [0, 0.05) is 0 Å². The quantitative estimate of drug-likeness (QED) is 0.681. The summed E-state index contributed by atoms with van der Waals surface area (Å²) in [4.78, 5) is 12.5. The molecule has 7 heteroatoms. The second-order valence-corrected chi connectivity index (χ2v) is 8.06. The summed E-state index contributed by atoms with van der Waals surface area (Å²) in [5.74, 6) is -0.0331. The monoisotopic (exact) mass is 358 g/mol. The Kier molecular flexibility index (Phi) is 5.01. The molecule has 1 heterocycles. The van der Waals surface area contributed by atoms with Crippen LogP contribution in [0.4, 0.5) is 5.13 Å². The molecule has 1 amide bonds. The Morgan fingerprint density at radius 1 is 1.17 bits per heavy atom. The molecular weight excluding hydrogens is 340 g/mol. The molecule has 2 aromatic carbocycles. The fourth-order valence-electron chi connectivity index (χ4n) is 2.51. The largest absolute Gasteiger partial charge is 0.374 e. The third kappa shape index (κ3) is 3.68. The molecular formula is C17H18N4OS2. The van der Waals surface area contributed by atoms with Crippen molar-refractivity contribution in [1.82, 2.24) is 15.5 Å². The van der Waals surface area contributed by atoms with Gasteiger partial charge in [-0.05, 0) is 30.2 Å². The van der Waals surface area contributed by atoms with Crippen LogP contribution in [0.25, 0.3) is 10.8 Å². The Hall–Kier alpha value is -2.12. The number of nitrogen functional groups attached to an aromatic ring is 1. The maximum Gasteiger partial charge on any atom is 0.233 e. The molecule has 3 aromatic rings. The van der Waals surface area contributed by atoms with E-state index < -0.39 is 0 Å². The Morgan fingerprint density at radius 3 is 2.67 bits per heavy atom. The molecule has 0 bridgehead atoms. The number of anilines is 1. The highest BCUT2D eigenvalue weighted by Crippen LogP contribution is 2.29. The lowest BCUT2D eigenvalue weighted by Gasteiger charge is -2.18. The van der Waals surface area contributed by atoms with Crippen molar-refractivity contribution in [2.24, 2.45) is 0 Å². The Bertz CT molecular complexity index is 859. The smallest absolute Gasteiger partial charge is 0.233 e. The number of carbonyl (C=O) groups is 1. The molecule has 0 saturated heterocycles. The average Bonchev–Trinajstić information content (AvgIpc) is 2.99. The Labute approximate surface area is 148 Å². The van der Waals surface area contributed by atoms with Crippen molar-refractivity contribution in [3.63, 3.8) is 0 Å². The van der Waals surface area contributed by atoms with Crippen LogP contribution in [-0.2, 0) is 4.79 Å². The van der Waals surface area contributed by atoms with E-state index in [4.69, 9.17) is 5.73 Å². The molecule has 3 rings (SSSR count). The number of fused-ring (bicyclic) bond motifs is 1. The molecule has 0 aliphatic rings. The zero-order chi connectivity index (χ0) is 17.1. The van der Waals surface area contributed by atoms with Crippen molar-refractivity contribution in [2.45, 2.75) is 29.5 Å². The van der Waals surface area contributed by atoms with Gasteiger partial charge in [-0.3, -0.25) is 4.79 Å². The van der Waals surface area contributed by atoms with Gasteiger partial charge in [-0.25, -0.2) is 0 Å². The van der Waals surface area contributed by atoms with Gasteiger partial charge >= 0.3 is 0 Å². The van der Waals surface area contributed by atoms with Crippen molar-refractivity contribution in [3.05, 3.63) is 48.0 Å². The van der Waals surface area contributed by atoms with Gasteiger partial charge in [0.1, 0.15) is 0 Å². The van der Waals surface area contributed by atoms with Gasteiger partial charge in [-0.1, -0.05) is 65.6 Å². The van der Waals surface area contributed by atoms with E-state index in [-0.39, 0.29) is 17.2 Å². The van der Waals surface area contributed by atoms with Crippen LogP contribution in [0.3, 0.4) is 0 Å². The molecule has 5 nitrogen and oxygen atoms in total. The topological polar surface area (TPSA) is 80.9 Å². The minimum Gasteiger partial charge on any atom is -0.374 e. The molecule has 0 aliphatic heterocycles. The van der Waals surface area contributed by atoms with Gasteiger partial charge in [0.05, 0.1) is 11.3 Å². The number of amides is 1. The molecule has 0 unspecified atom stereocenters. The van der Waals surface area contributed by atoms with Crippen LogP contribution >= 0.6 is 23.1 Å². The fraction of sp³-hybridized carbons (Fsp3) is 0.235. The van der Waals surface area contributed by atoms with E-state index in [1.165, 1.54) is 28.5 Å². The van der Waals surface area contributed by atoms with Crippen molar-refractivity contribution < 1.29 is 4.79 Å². The first-order valence-electron chi connectivity index (χ1n) is 7.58. The van der Waals surface area contributed by atoms with Crippen molar-refractivity contribution in [3.8, 4) is 0 Å². The number of aromatic nitrogens is 2. The molecule has 0 saturated carbocycles. The van der Waals surface area contributed by atoms with E-state index in [9.17, 15) is 4.79 Å². The number of thioether (sulfide) groups is 1. The van der Waals surface area contributed by atoms with E-state index in [2.05, 4.69) is 39.8 Å². The highest BCUT2D eigenvalue weighted by Gasteiger charge is 2.19. The fourth-order valence-corrected chi connectivity index (χ4v) is 4.30. The molecule has 3 N–H and O–H groups in total. The summed E-state index contributed by atoms with van der Waals surface area (Å²) in [7, 11) is 0. The Balaban J connectivity index is 1.71. The molecule has 1 aromatic heterocycles. The number of hydrogen-bond acceptors (Lipinski definition) is 6. The van der Waals surface area contributed by atoms with Crippen molar-refractivity contribution in [1.29, 1.82) is 0 Å². The summed E-state index contributed by atoms with van der Waals surface area (Å²) >= 11 is 2.66. The third-order valence-electron chi connectivity index (χ3n) is 3.72. The number of nitrogens with zero attached hydrogens (tertiary/aromatic N) is 2. The van der Waals surface area contributed by atoms with Crippen LogP contribution < -0.4 is 11.1 Å². The van der Waals surface area contributed by atoms with Gasteiger partial charge < -0.3 is 11.1 Å². The lowest BCUT2D eigenvalue weighted by atomic mass is 9.99. The van der Waals surface area contributed by atoms with Crippen LogP contribution in [-0.4, -0.2) is 21.4 Å². The van der Waals surface area contributed by atoms with Crippen LogP contribution in [0.15, 0.2) is 46.8 Å². The van der Waals surface area contributed by atoms with Crippen LogP contribution in [0.2, 0.25) is 0 Å². The number of nitrogens with one attached hydrogen (secondary N) is 1. The summed E-state index contributed by atoms with van der Waals surface area (Å²) < 4.78 is 0.702. The predicted molar refractivity (Wildman–Crippen MR) is 100 cm³/mol. The molecule has 124 valence electrons. The number of rotatable bonds is 5. The molecule has 0 radical (unpaired) electrons. The first-order valence-corrected chi connectivity index (χ1v) is 9.28. The molecule has 0 aliphatic carbocycles. The van der Waals surface area contributed by atoms with Crippen molar-refractivity contribution >= 4 is 44.9 Å². The second kappa shape index (κ2) is 7.19. The highest BCUT2D eigenvalue weighted by atomic mass is 32.2. The summed E-state index contributed by atoms with van der Waals surface area (Å²) in [6, 6.07) is 14.2. The molecule has 0 spiro atoms. The third-order valence-corrected chi connectivity index (χ3v) is 5.65. The standard InChI is InChI=1S/C17H18N4OS2/c1-10(13-9-5-7-12-6-3-4-8-14(12)13)19-15(22)11(2)23-17-21-20-16(18)24-17/h3-11H,1-2H3,(H2,18,20)(H,19,22)/t10-,11+/m1/s1. The summed E-state index contributed by atoms with van der Waals surface area (Å²) in [6.45, 7) is 3.85. The lowest BCUT2D eigenvalue weighted by molar-refractivity contribution is -0.120. The van der Waals surface area contributed by atoms with Crippen molar-refractivity contribution in [2.75, 3.05) is 5.73 Å². The highest BCUT2D eigenvalue weighted by molar-refractivity contribution is 8.02. The number of benzene rings is 2. The molecule has 0 fully saturated rings. The SMILES string of the molecule is C[C@H](Sc1nnc(N)s1)C(=O)N[C@H](C)c1cccc2ccccc12.